The van der Waals surface area contributed by atoms with Gasteiger partial charge in [-0.25, -0.2) is 15.2 Å². The lowest BCUT2D eigenvalue weighted by Crippen LogP contribution is -2.28. The summed E-state index contributed by atoms with van der Waals surface area (Å²) < 4.78 is 0. The quantitative estimate of drug-likeness (QED) is 0.648. The number of aromatic nitrogens is 3. The first-order chi connectivity index (χ1) is 8.56. The van der Waals surface area contributed by atoms with E-state index in [0.29, 0.717) is 17.3 Å². The maximum atomic E-state index is 5.17. The van der Waals surface area contributed by atoms with Gasteiger partial charge < -0.3 is 0 Å². The van der Waals surface area contributed by atoms with Crippen molar-refractivity contribution in [2.75, 3.05) is 57.7 Å². The summed E-state index contributed by atoms with van der Waals surface area (Å²) in [6, 6.07) is 0. The third-order valence-corrected chi connectivity index (χ3v) is 2.44. The fourth-order valence-corrected chi connectivity index (χ4v) is 1.27. The van der Waals surface area contributed by atoms with Gasteiger partial charge in [0.1, 0.15) is 0 Å². The Morgan fingerprint density at radius 3 is 1.44 bits per heavy atom. The molecule has 18 heavy (non-hydrogen) atoms. The molecular weight excluding hydrogens is 240 g/mol. The molecule has 1 rings (SSSR count). The Labute approximate surface area is 106 Å². The van der Waals surface area contributed by atoms with Crippen molar-refractivity contribution in [3.8, 4) is 0 Å². The van der Waals surface area contributed by atoms with Crippen LogP contribution in [0.4, 0.5) is 17.3 Å². The summed E-state index contributed by atoms with van der Waals surface area (Å²) in [5.41, 5.74) is 0.571. The molecule has 0 spiro atoms. The zero-order chi connectivity index (χ0) is 13.7. The summed E-state index contributed by atoms with van der Waals surface area (Å²) >= 11 is 0. The first kappa shape index (κ1) is 14.4. The highest BCUT2D eigenvalue weighted by Gasteiger charge is 2.22. The van der Waals surface area contributed by atoms with E-state index < -0.39 is 0 Å². The minimum Gasteiger partial charge on any atom is -0.277 e. The lowest BCUT2D eigenvalue weighted by atomic mass is 10.4. The third-order valence-electron chi connectivity index (χ3n) is 2.44. The molecule has 0 amide bonds. The Bertz CT molecular complexity index is 362. The first-order valence-corrected chi connectivity index (χ1v) is 5.13. The van der Waals surface area contributed by atoms with E-state index in [4.69, 9.17) is 14.5 Å². The molecule has 9 heteroatoms. The Morgan fingerprint density at radius 2 is 1.11 bits per heavy atom. The molecule has 0 bridgehead atoms. The van der Waals surface area contributed by atoms with Gasteiger partial charge in [-0.3, -0.25) is 14.5 Å². The van der Waals surface area contributed by atoms with Gasteiger partial charge in [-0.1, -0.05) is 0 Å². The third kappa shape index (κ3) is 2.75. The highest BCUT2D eigenvalue weighted by Crippen LogP contribution is 2.33. The Hall–Kier alpha value is -1.71. The van der Waals surface area contributed by atoms with Gasteiger partial charge in [-0.15, -0.1) is 10.2 Å². The molecule has 1 aromatic heterocycles. The van der Waals surface area contributed by atoms with E-state index in [-0.39, 0.29) is 0 Å². The van der Waals surface area contributed by atoms with Gasteiger partial charge in [0.25, 0.3) is 0 Å². The minimum absolute atomic E-state index is 0.454. The summed E-state index contributed by atoms with van der Waals surface area (Å²) in [4.78, 5) is 15.4. The Balaban J connectivity index is 3.34. The Morgan fingerprint density at radius 1 is 0.722 bits per heavy atom. The van der Waals surface area contributed by atoms with Crippen molar-refractivity contribution in [3.05, 3.63) is 0 Å². The highest BCUT2D eigenvalue weighted by molar-refractivity contribution is 5.76. The maximum absolute atomic E-state index is 5.17. The van der Waals surface area contributed by atoms with Crippen molar-refractivity contribution >= 4 is 17.3 Å². The predicted molar refractivity (Wildman–Crippen MR) is 66.1 cm³/mol. The van der Waals surface area contributed by atoms with Crippen molar-refractivity contribution < 1.29 is 14.5 Å². The standard InChI is InChI=1S/C9H18N6O3/c1-13(16-4)7-8(14(2)17-5)10-12-11-9(7)15(3)18-6/h1-6H3. The summed E-state index contributed by atoms with van der Waals surface area (Å²) in [5.74, 6) is 0.909. The molecule has 0 aliphatic carbocycles. The van der Waals surface area contributed by atoms with Crippen molar-refractivity contribution in [1.82, 2.24) is 15.4 Å². The van der Waals surface area contributed by atoms with E-state index in [1.807, 2.05) is 0 Å². The molecule has 0 fully saturated rings. The minimum atomic E-state index is 0.454. The lowest BCUT2D eigenvalue weighted by molar-refractivity contribution is 0.164. The smallest absolute Gasteiger partial charge is 0.206 e. The van der Waals surface area contributed by atoms with Crippen LogP contribution in [-0.2, 0) is 14.5 Å². The van der Waals surface area contributed by atoms with E-state index in [1.165, 1.54) is 36.5 Å². The van der Waals surface area contributed by atoms with Crippen molar-refractivity contribution in [2.45, 2.75) is 0 Å². The summed E-state index contributed by atoms with van der Waals surface area (Å²) in [5, 5.41) is 15.9. The molecule has 1 aromatic rings. The largest absolute Gasteiger partial charge is 0.277 e. The second-order valence-corrected chi connectivity index (χ2v) is 3.33. The highest BCUT2D eigenvalue weighted by atomic mass is 16.7. The molecule has 0 aromatic carbocycles. The fraction of sp³-hybridized carbons (Fsp3) is 0.667. The van der Waals surface area contributed by atoms with Crippen LogP contribution in [-0.4, -0.2) is 57.9 Å². The monoisotopic (exact) mass is 258 g/mol. The van der Waals surface area contributed by atoms with Crippen LogP contribution in [0, 0.1) is 0 Å². The first-order valence-electron chi connectivity index (χ1n) is 5.13. The van der Waals surface area contributed by atoms with Crippen molar-refractivity contribution in [3.63, 3.8) is 0 Å². The fourth-order valence-electron chi connectivity index (χ4n) is 1.27. The van der Waals surface area contributed by atoms with Crippen LogP contribution in [0.3, 0.4) is 0 Å². The molecule has 9 nitrogen and oxygen atoms in total. The van der Waals surface area contributed by atoms with E-state index >= 15 is 0 Å². The van der Waals surface area contributed by atoms with Gasteiger partial charge in [0, 0.05) is 21.1 Å². The molecule has 0 saturated heterocycles. The average Bonchev–Trinajstić information content (AvgIpc) is 2.43. The molecule has 1 heterocycles. The molecule has 0 atom stereocenters. The van der Waals surface area contributed by atoms with Crippen LogP contribution in [0.2, 0.25) is 0 Å². The summed E-state index contributed by atoms with van der Waals surface area (Å²) in [6.45, 7) is 0. The molecule has 0 N–H and O–H groups in total. The molecule has 0 saturated carbocycles. The van der Waals surface area contributed by atoms with E-state index in [1.54, 1.807) is 21.1 Å². The van der Waals surface area contributed by atoms with E-state index in [9.17, 15) is 0 Å². The molecule has 0 unspecified atom stereocenters. The lowest BCUT2D eigenvalue weighted by Gasteiger charge is -2.26. The van der Waals surface area contributed by atoms with Crippen LogP contribution in [0.15, 0.2) is 0 Å². The molecule has 0 aliphatic heterocycles. The van der Waals surface area contributed by atoms with E-state index in [2.05, 4.69) is 15.4 Å². The summed E-state index contributed by atoms with van der Waals surface area (Å²) in [7, 11) is 9.71. The average molecular weight is 258 g/mol. The number of hydrogen-bond donors (Lipinski definition) is 0. The SMILES string of the molecule is CON(C)c1nnnc(N(C)OC)c1N(C)OC. The number of anilines is 3. The predicted octanol–water partition coefficient (Wildman–Crippen LogP) is -0.136. The zero-order valence-electron chi connectivity index (χ0n) is 11.4. The second kappa shape index (κ2) is 6.28. The topological polar surface area (TPSA) is 76.1 Å². The van der Waals surface area contributed by atoms with Crippen LogP contribution >= 0.6 is 0 Å². The van der Waals surface area contributed by atoms with Gasteiger partial charge in [0.2, 0.25) is 11.6 Å². The second-order valence-electron chi connectivity index (χ2n) is 3.33. The van der Waals surface area contributed by atoms with Crippen LogP contribution in [0.1, 0.15) is 0 Å². The molecular formula is C9H18N6O3. The van der Waals surface area contributed by atoms with Gasteiger partial charge in [-0.2, -0.15) is 0 Å². The Kier molecular flexibility index (Phi) is 5.01. The maximum Gasteiger partial charge on any atom is 0.206 e. The van der Waals surface area contributed by atoms with Gasteiger partial charge in [0.05, 0.1) is 21.3 Å². The van der Waals surface area contributed by atoms with Crippen molar-refractivity contribution in [1.29, 1.82) is 0 Å². The number of hydroxylamine groups is 3. The van der Waals surface area contributed by atoms with Gasteiger partial charge >= 0.3 is 0 Å². The zero-order valence-corrected chi connectivity index (χ0v) is 11.4. The molecule has 102 valence electrons. The van der Waals surface area contributed by atoms with Crippen LogP contribution in [0.25, 0.3) is 0 Å². The normalized spacial score (nSPS) is 10.3. The molecule has 0 radical (unpaired) electrons. The number of rotatable bonds is 6. The molecule has 0 aliphatic rings. The summed E-state index contributed by atoms with van der Waals surface area (Å²) in [6.07, 6.45) is 0. The van der Waals surface area contributed by atoms with E-state index in [0.717, 1.165) is 0 Å². The number of hydrogen-bond acceptors (Lipinski definition) is 9. The van der Waals surface area contributed by atoms with Gasteiger partial charge in [0.15, 0.2) is 5.69 Å². The van der Waals surface area contributed by atoms with Gasteiger partial charge in [-0.05, 0) is 5.21 Å². The number of nitrogens with zero attached hydrogens (tertiary/aromatic N) is 6. The van der Waals surface area contributed by atoms with Crippen LogP contribution in [0.5, 0.6) is 0 Å². The van der Waals surface area contributed by atoms with Crippen LogP contribution < -0.4 is 15.2 Å². The van der Waals surface area contributed by atoms with Crippen molar-refractivity contribution in [2.24, 2.45) is 0 Å².